The molecule has 0 aromatic heterocycles. The number of benzene rings is 1. The Kier molecular flexibility index (Phi) is 2.58. The lowest BCUT2D eigenvalue weighted by molar-refractivity contribution is 0.414. The zero-order valence-corrected chi connectivity index (χ0v) is 7.35. The normalized spacial score (nSPS) is 9.64. The first-order valence-corrected chi connectivity index (χ1v) is 3.91. The standard InChI is InChI=1S/C9H13BO/c1-3-7-6-8(11-2)4-5-9(7)10/h4-6H,3,10H2,1-2H3. The fourth-order valence-corrected chi connectivity index (χ4v) is 1.16. The Hall–Kier alpha value is -0.915. The van der Waals surface area contributed by atoms with Crippen molar-refractivity contribution in [2.24, 2.45) is 0 Å². The second-order valence-electron chi connectivity index (χ2n) is 2.65. The molecule has 1 aromatic carbocycles. The first-order valence-electron chi connectivity index (χ1n) is 3.91. The van der Waals surface area contributed by atoms with Crippen LogP contribution in [0, 0.1) is 0 Å². The Morgan fingerprint density at radius 1 is 1.45 bits per heavy atom. The molecule has 1 rings (SSSR count). The lowest BCUT2D eigenvalue weighted by Crippen LogP contribution is -2.08. The summed E-state index contributed by atoms with van der Waals surface area (Å²) in [5, 5.41) is 0. The molecule has 58 valence electrons. The van der Waals surface area contributed by atoms with Crippen molar-refractivity contribution in [2.45, 2.75) is 13.3 Å². The van der Waals surface area contributed by atoms with Crippen LogP contribution in [0.2, 0.25) is 0 Å². The van der Waals surface area contributed by atoms with E-state index in [1.54, 1.807) is 7.11 Å². The fourth-order valence-electron chi connectivity index (χ4n) is 1.16. The predicted octanol–water partition coefficient (Wildman–Crippen LogP) is 0.516. The molecule has 11 heavy (non-hydrogen) atoms. The monoisotopic (exact) mass is 148 g/mol. The molecule has 0 amide bonds. The van der Waals surface area contributed by atoms with Crippen molar-refractivity contribution in [3.05, 3.63) is 23.8 Å². The van der Waals surface area contributed by atoms with Crippen molar-refractivity contribution in [2.75, 3.05) is 7.11 Å². The topological polar surface area (TPSA) is 9.23 Å². The molecule has 0 bridgehead atoms. The van der Waals surface area contributed by atoms with Crippen LogP contribution >= 0.6 is 0 Å². The van der Waals surface area contributed by atoms with E-state index in [4.69, 9.17) is 4.74 Å². The molecule has 0 aliphatic rings. The fraction of sp³-hybridized carbons (Fsp3) is 0.333. The summed E-state index contributed by atoms with van der Waals surface area (Å²) in [6.45, 7) is 2.15. The van der Waals surface area contributed by atoms with Crippen molar-refractivity contribution in [3.63, 3.8) is 0 Å². The second kappa shape index (κ2) is 3.47. The number of aryl methyl sites for hydroxylation is 1. The summed E-state index contributed by atoms with van der Waals surface area (Å²) >= 11 is 0. The molecule has 0 atom stereocenters. The smallest absolute Gasteiger partial charge is 0.139 e. The van der Waals surface area contributed by atoms with Crippen LogP contribution in [0.1, 0.15) is 12.5 Å². The van der Waals surface area contributed by atoms with E-state index in [1.807, 2.05) is 6.07 Å². The van der Waals surface area contributed by atoms with Gasteiger partial charge in [-0.15, -0.1) is 0 Å². The van der Waals surface area contributed by atoms with Gasteiger partial charge < -0.3 is 4.74 Å². The summed E-state index contributed by atoms with van der Waals surface area (Å²) in [6.07, 6.45) is 1.07. The molecule has 1 aromatic rings. The van der Waals surface area contributed by atoms with Gasteiger partial charge in [-0.2, -0.15) is 0 Å². The highest BCUT2D eigenvalue weighted by Gasteiger charge is 1.96. The average Bonchev–Trinajstić information content (AvgIpc) is 2.05. The van der Waals surface area contributed by atoms with E-state index in [1.165, 1.54) is 11.0 Å². The molecule has 0 heterocycles. The Labute approximate surface area is 68.8 Å². The minimum absolute atomic E-state index is 0.951. The van der Waals surface area contributed by atoms with E-state index in [2.05, 4.69) is 26.9 Å². The lowest BCUT2D eigenvalue weighted by Gasteiger charge is -2.05. The van der Waals surface area contributed by atoms with Crippen LogP contribution in [-0.2, 0) is 6.42 Å². The van der Waals surface area contributed by atoms with E-state index >= 15 is 0 Å². The van der Waals surface area contributed by atoms with Crippen LogP contribution in [0.5, 0.6) is 5.75 Å². The van der Waals surface area contributed by atoms with Gasteiger partial charge in [-0.3, -0.25) is 0 Å². The molecule has 0 saturated heterocycles. The second-order valence-corrected chi connectivity index (χ2v) is 2.65. The van der Waals surface area contributed by atoms with Gasteiger partial charge in [0.2, 0.25) is 0 Å². The van der Waals surface area contributed by atoms with Gasteiger partial charge in [0, 0.05) is 0 Å². The Morgan fingerprint density at radius 2 is 2.18 bits per heavy atom. The van der Waals surface area contributed by atoms with Crippen molar-refractivity contribution >= 4 is 13.3 Å². The van der Waals surface area contributed by atoms with E-state index in [0.717, 1.165) is 12.2 Å². The van der Waals surface area contributed by atoms with Crippen LogP contribution < -0.4 is 10.2 Å². The highest BCUT2D eigenvalue weighted by Crippen LogP contribution is 2.10. The summed E-state index contributed by atoms with van der Waals surface area (Å²) in [5.74, 6) is 0.951. The minimum atomic E-state index is 0.951. The zero-order chi connectivity index (χ0) is 8.27. The maximum Gasteiger partial charge on any atom is 0.139 e. The van der Waals surface area contributed by atoms with Crippen molar-refractivity contribution < 1.29 is 4.74 Å². The molecule has 0 aliphatic heterocycles. The SMILES string of the molecule is Bc1ccc(OC)cc1CC. The third-order valence-corrected chi connectivity index (χ3v) is 1.94. The predicted molar refractivity (Wildman–Crippen MR) is 50.6 cm³/mol. The Morgan fingerprint density at radius 3 is 2.73 bits per heavy atom. The largest absolute Gasteiger partial charge is 0.497 e. The summed E-state index contributed by atoms with van der Waals surface area (Å²) in [7, 11) is 3.82. The quantitative estimate of drug-likeness (QED) is 0.555. The van der Waals surface area contributed by atoms with Gasteiger partial charge >= 0.3 is 0 Å². The van der Waals surface area contributed by atoms with Gasteiger partial charge in [0.05, 0.1) is 7.11 Å². The number of hydrogen-bond donors (Lipinski definition) is 0. The summed E-state index contributed by atoms with van der Waals surface area (Å²) in [4.78, 5) is 0. The molecule has 0 fully saturated rings. The van der Waals surface area contributed by atoms with E-state index in [-0.39, 0.29) is 0 Å². The summed E-state index contributed by atoms with van der Waals surface area (Å²) < 4.78 is 5.11. The van der Waals surface area contributed by atoms with Gasteiger partial charge in [-0.1, -0.05) is 24.0 Å². The average molecular weight is 148 g/mol. The number of hydrogen-bond acceptors (Lipinski definition) is 1. The van der Waals surface area contributed by atoms with Crippen LogP contribution in [0.15, 0.2) is 18.2 Å². The van der Waals surface area contributed by atoms with Gasteiger partial charge in [-0.25, -0.2) is 0 Å². The summed E-state index contributed by atoms with van der Waals surface area (Å²) in [5.41, 5.74) is 2.71. The van der Waals surface area contributed by atoms with Crippen molar-refractivity contribution in [1.82, 2.24) is 0 Å². The van der Waals surface area contributed by atoms with Crippen molar-refractivity contribution in [3.8, 4) is 5.75 Å². The van der Waals surface area contributed by atoms with Gasteiger partial charge in [0.1, 0.15) is 13.6 Å². The molecule has 2 heteroatoms. The maximum atomic E-state index is 5.11. The molecule has 0 aliphatic carbocycles. The molecular weight excluding hydrogens is 135 g/mol. The first-order chi connectivity index (χ1) is 5.27. The van der Waals surface area contributed by atoms with Crippen molar-refractivity contribution in [1.29, 1.82) is 0 Å². The number of methoxy groups -OCH3 is 1. The highest BCUT2D eigenvalue weighted by molar-refractivity contribution is 6.33. The Balaban J connectivity index is 3.02. The molecular formula is C9H13BO. The van der Waals surface area contributed by atoms with E-state index in [9.17, 15) is 0 Å². The molecule has 0 radical (unpaired) electrons. The molecule has 0 spiro atoms. The molecule has 0 saturated carbocycles. The minimum Gasteiger partial charge on any atom is -0.497 e. The molecule has 0 N–H and O–H groups in total. The number of ether oxygens (including phenoxy) is 1. The van der Waals surface area contributed by atoms with E-state index in [0.29, 0.717) is 0 Å². The summed E-state index contributed by atoms with van der Waals surface area (Å²) in [6, 6.07) is 6.18. The maximum absolute atomic E-state index is 5.11. The third kappa shape index (κ3) is 1.76. The first kappa shape index (κ1) is 8.18. The van der Waals surface area contributed by atoms with Gasteiger partial charge in [0.15, 0.2) is 0 Å². The third-order valence-electron chi connectivity index (χ3n) is 1.94. The van der Waals surface area contributed by atoms with Crippen LogP contribution in [0.4, 0.5) is 0 Å². The van der Waals surface area contributed by atoms with Crippen LogP contribution in [-0.4, -0.2) is 15.0 Å². The number of rotatable bonds is 2. The van der Waals surface area contributed by atoms with Crippen LogP contribution in [0.25, 0.3) is 0 Å². The van der Waals surface area contributed by atoms with Gasteiger partial charge in [-0.05, 0) is 18.6 Å². The lowest BCUT2D eigenvalue weighted by atomic mass is 9.89. The highest BCUT2D eigenvalue weighted by atomic mass is 16.5. The molecule has 1 nitrogen and oxygen atoms in total. The molecule has 0 unspecified atom stereocenters. The zero-order valence-electron chi connectivity index (χ0n) is 7.35. The van der Waals surface area contributed by atoms with Crippen LogP contribution in [0.3, 0.4) is 0 Å². The van der Waals surface area contributed by atoms with E-state index < -0.39 is 0 Å². The Bertz CT molecular complexity index is 245. The van der Waals surface area contributed by atoms with Gasteiger partial charge in [0.25, 0.3) is 0 Å².